The summed E-state index contributed by atoms with van der Waals surface area (Å²) in [5.41, 5.74) is 2.57. The van der Waals surface area contributed by atoms with Crippen LogP contribution in [0.2, 0.25) is 0 Å². The number of nitrogens with one attached hydrogen (secondary N) is 3. The molecule has 4 heterocycles. The zero-order valence-corrected chi connectivity index (χ0v) is 26.6. The summed E-state index contributed by atoms with van der Waals surface area (Å²) < 4.78 is 12.0. The molecular formula is C37H44N4O6. The van der Waals surface area contributed by atoms with Gasteiger partial charge in [-0.1, -0.05) is 48.5 Å². The van der Waals surface area contributed by atoms with Crippen molar-refractivity contribution in [3.63, 3.8) is 0 Å². The van der Waals surface area contributed by atoms with Crippen LogP contribution in [0.4, 0.5) is 4.79 Å². The minimum atomic E-state index is -0.781. The third-order valence-electron chi connectivity index (χ3n) is 9.31. The van der Waals surface area contributed by atoms with Gasteiger partial charge in [-0.2, -0.15) is 0 Å². The number of phenolic OH excluding ortho intramolecular Hbond substituents is 1. The fourth-order valence-electron chi connectivity index (χ4n) is 6.74. The molecule has 5 N–H and O–H groups in total. The third-order valence-corrected chi connectivity index (χ3v) is 9.31. The van der Waals surface area contributed by atoms with Crippen molar-refractivity contribution in [2.75, 3.05) is 39.3 Å². The van der Waals surface area contributed by atoms with Crippen LogP contribution in [0.25, 0.3) is 10.9 Å². The van der Waals surface area contributed by atoms with E-state index in [1.54, 1.807) is 12.1 Å². The molecule has 3 aromatic carbocycles. The maximum Gasteiger partial charge on any atom is 0.408 e. The van der Waals surface area contributed by atoms with E-state index >= 15 is 0 Å². The molecule has 0 saturated carbocycles. The number of aromatic hydroxyl groups is 1. The number of rotatable bonds is 14. The Morgan fingerprint density at radius 2 is 1.77 bits per heavy atom. The molecule has 248 valence electrons. The molecule has 3 saturated heterocycles. The molecule has 1 aromatic heterocycles. The van der Waals surface area contributed by atoms with Crippen molar-refractivity contribution in [2.45, 2.75) is 50.4 Å². The molecule has 10 heteroatoms. The highest BCUT2D eigenvalue weighted by Gasteiger charge is 2.37. The van der Waals surface area contributed by atoms with Crippen LogP contribution in [0.5, 0.6) is 11.5 Å². The van der Waals surface area contributed by atoms with Gasteiger partial charge in [0.1, 0.15) is 17.6 Å². The van der Waals surface area contributed by atoms with Gasteiger partial charge < -0.3 is 35.3 Å². The van der Waals surface area contributed by atoms with Crippen LogP contribution in [0.15, 0.2) is 83.7 Å². The van der Waals surface area contributed by atoms with E-state index in [1.165, 1.54) is 12.1 Å². The Balaban J connectivity index is 0.953. The van der Waals surface area contributed by atoms with Crippen LogP contribution in [0.3, 0.4) is 0 Å². The molecule has 0 spiro atoms. The Morgan fingerprint density at radius 3 is 2.55 bits per heavy atom. The van der Waals surface area contributed by atoms with Gasteiger partial charge in [-0.3, -0.25) is 9.69 Å². The molecule has 1 amide bonds. The van der Waals surface area contributed by atoms with E-state index in [0.717, 1.165) is 75.2 Å². The highest BCUT2D eigenvalue weighted by molar-refractivity contribution is 5.87. The van der Waals surface area contributed by atoms with E-state index in [0.29, 0.717) is 35.5 Å². The van der Waals surface area contributed by atoms with Crippen molar-refractivity contribution < 1.29 is 24.5 Å². The number of aliphatic hydroxyl groups excluding tert-OH is 1. The topological polar surface area (TPSA) is 136 Å². The summed E-state index contributed by atoms with van der Waals surface area (Å²) in [7, 11) is 0. The number of nitrogens with zero attached hydrogens (tertiary/aromatic N) is 1. The van der Waals surface area contributed by atoms with E-state index in [1.807, 2.05) is 54.6 Å². The average Bonchev–Trinajstić information content (AvgIpc) is 3.09. The molecule has 10 nitrogen and oxygen atoms in total. The van der Waals surface area contributed by atoms with Crippen molar-refractivity contribution in [3.8, 4) is 11.5 Å². The summed E-state index contributed by atoms with van der Waals surface area (Å²) >= 11 is 0. The number of unbranched alkanes of at least 4 members (excludes halogenated alkanes) is 2. The van der Waals surface area contributed by atoms with E-state index in [2.05, 4.69) is 20.5 Å². The Hall–Kier alpha value is -4.38. The molecule has 0 aliphatic carbocycles. The first-order valence-electron chi connectivity index (χ1n) is 16.7. The zero-order valence-electron chi connectivity index (χ0n) is 26.6. The lowest BCUT2D eigenvalue weighted by Gasteiger charge is -2.43. The number of pyridine rings is 1. The lowest BCUT2D eigenvalue weighted by molar-refractivity contribution is -0.0336. The van der Waals surface area contributed by atoms with Gasteiger partial charge >= 0.3 is 6.09 Å². The first-order valence-corrected chi connectivity index (χ1v) is 16.7. The molecule has 0 radical (unpaired) electrons. The molecule has 2 bridgehead atoms. The molecule has 7 rings (SSSR count). The van der Waals surface area contributed by atoms with E-state index in [9.17, 15) is 19.8 Å². The molecule has 4 aromatic rings. The Bertz CT molecular complexity index is 1690. The number of alkyl carbamates (subject to hydrolysis) is 1. The number of phenols is 1. The van der Waals surface area contributed by atoms with Crippen molar-refractivity contribution >= 4 is 17.0 Å². The predicted molar refractivity (Wildman–Crippen MR) is 181 cm³/mol. The summed E-state index contributed by atoms with van der Waals surface area (Å²) in [4.78, 5) is 29.8. The first kappa shape index (κ1) is 32.6. The van der Waals surface area contributed by atoms with Crippen molar-refractivity contribution in [2.24, 2.45) is 5.92 Å². The van der Waals surface area contributed by atoms with Crippen LogP contribution < -0.4 is 20.9 Å². The molecule has 47 heavy (non-hydrogen) atoms. The van der Waals surface area contributed by atoms with Gasteiger partial charge in [0.2, 0.25) is 5.56 Å². The monoisotopic (exact) mass is 640 g/mol. The number of H-pyrrole nitrogens is 1. The highest BCUT2D eigenvalue weighted by Crippen LogP contribution is 2.31. The van der Waals surface area contributed by atoms with Gasteiger partial charge in [0, 0.05) is 24.5 Å². The van der Waals surface area contributed by atoms with Gasteiger partial charge in [0.25, 0.3) is 0 Å². The second-order valence-corrected chi connectivity index (χ2v) is 12.6. The summed E-state index contributed by atoms with van der Waals surface area (Å²) in [6.07, 6.45) is 3.68. The van der Waals surface area contributed by atoms with Gasteiger partial charge in [0.05, 0.1) is 24.3 Å². The summed E-state index contributed by atoms with van der Waals surface area (Å²) in [5.74, 6) is 1.17. The van der Waals surface area contributed by atoms with Crippen LogP contribution >= 0.6 is 0 Å². The number of amides is 1. The van der Waals surface area contributed by atoms with Crippen LogP contribution in [0.1, 0.15) is 60.9 Å². The van der Waals surface area contributed by atoms with Gasteiger partial charge in [-0.05, 0) is 98.6 Å². The highest BCUT2D eigenvalue weighted by atomic mass is 16.6. The molecule has 3 atom stereocenters. The molecule has 3 aliphatic rings. The number of aromatic amines is 1. The van der Waals surface area contributed by atoms with Crippen molar-refractivity contribution in [3.05, 3.63) is 106 Å². The van der Waals surface area contributed by atoms with Crippen molar-refractivity contribution in [1.82, 2.24) is 20.5 Å². The number of carbonyl (C=O) groups is 1. The maximum atomic E-state index is 13.1. The second-order valence-electron chi connectivity index (χ2n) is 12.6. The predicted octanol–water partition coefficient (Wildman–Crippen LogP) is 5.02. The second kappa shape index (κ2) is 15.5. The number of hydrogen-bond acceptors (Lipinski definition) is 8. The largest absolute Gasteiger partial charge is 0.506 e. The maximum absolute atomic E-state index is 13.1. The fraction of sp³-hybridized carbons (Fsp3) is 0.405. The third kappa shape index (κ3) is 8.32. The number of fused-ring (bicyclic) bond motifs is 4. The zero-order chi connectivity index (χ0) is 32.6. The van der Waals surface area contributed by atoms with Gasteiger partial charge in [0.15, 0.2) is 0 Å². The number of piperidine rings is 3. The van der Waals surface area contributed by atoms with E-state index < -0.39 is 12.2 Å². The Labute approximate surface area is 274 Å². The number of carbonyl (C=O) groups excluding carboxylic acids is 1. The molecule has 3 aliphatic heterocycles. The first-order chi connectivity index (χ1) is 22.9. The number of hydrogen-bond donors (Lipinski definition) is 5. The minimum absolute atomic E-state index is 0.0252. The van der Waals surface area contributed by atoms with Crippen LogP contribution in [0, 0.1) is 5.92 Å². The Kier molecular flexibility index (Phi) is 10.7. The minimum Gasteiger partial charge on any atom is -0.506 e. The SMILES string of the molecule is O=C(NC(c1ccccc1)c1cccc(OCCCCCNCC(O)c2ccc(O)c3[nH]c(=O)ccc23)c1)OC1CN2CCC1CC2. The number of ether oxygens (including phenoxy) is 2. The van der Waals surface area contributed by atoms with E-state index in [4.69, 9.17) is 9.47 Å². The standard InChI is InChI=1S/C37H44N4O6/c42-31-14-12-29(30-13-15-34(44)39-36(30)31)32(43)23-38-18-5-2-6-21-46-28-11-7-10-27(22-28)35(26-8-3-1-4-9-26)40-37(45)47-33-24-41-19-16-25(33)17-20-41/h1,3-4,7-15,22,25,32-33,35,38,42-43H,2,5-6,16-21,23-24H2,(H,39,44)(H,40,45). The number of aliphatic hydroxyl groups is 1. The van der Waals surface area contributed by atoms with Gasteiger partial charge in [-0.15, -0.1) is 0 Å². The quantitative estimate of drug-likeness (QED) is 0.121. The normalized spacial score (nSPS) is 20.1. The lowest BCUT2D eigenvalue weighted by atomic mass is 9.86. The number of aromatic nitrogens is 1. The van der Waals surface area contributed by atoms with Crippen molar-refractivity contribution in [1.29, 1.82) is 0 Å². The smallest absolute Gasteiger partial charge is 0.408 e. The van der Waals surface area contributed by atoms with Crippen LogP contribution in [-0.2, 0) is 4.74 Å². The lowest BCUT2D eigenvalue weighted by Crippen LogP contribution is -2.52. The summed E-state index contributed by atoms with van der Waals surface area (Å²) in [6, 6.07) is 23.6. The molecule has 3 unspecified atom stereocenters. The van der Waals surface area contributed by atoms with Crippen LogP contribution in [-0.4, -0.2) is 71.6 Å². The molecular weight excluding hydrogens is 596 g/mol. The van der Waals surface area contributed by atoms with Gasteiger partial charge in [-0.25, -0.2) is 4.79 Å². The molecule has 3 fully saturated rings. The summed E-state index contributed by atoms with van der Waals surface area (Å²) in [5, 5.41) is 27.9. The number of benzene rings is 3. The average molecular weight is 641 g/mol. The van der Waals surface area contributed by atoms with E-state index in [-0.39, 0.29) is 23.5 Å². The Morgan fingerprint density at radius 1 is 0.957 bits per heavy atom. The summed E-state index contributed by atoms with van der Waals surface area (Å²) in [6.45, 7) is 4.66. The fourth-order valence-corrected chi connectivity index (χ4v) is 6.74.